The summed E-state index contributed by atoms with van der Waals surface area (Å²) in [6.45, 7) is 7.72. The minimum absolute atomic E-state index is 0.186. The zero-order valence-corrected chi connectivity index (χ0v) is 17.9. The van der Waals surface area contributed by atoms with Crippen molar-refractivity contribution in [2.45, 2.75) is 27.7 Å². The molecular weight excluding hydrogens is 391 g/mol. The Kier molecular flexibility index (Phi) is 5.19. The molecule has 1 aliphatic heterocycles. The van der Waals surface area contributed by atoms with Gasteiger partial charge in [-0.15, -0.1) is 0 Å². The summed E-state index contributed by atoms with van der Waals surface area (Å²) in [6.07, 6.45) is 0. The van der Waals surface area contributed by atoms with E-state index >= 15 is 0 Å². The maximum atomic E-state index is 13.5. The predicted molar refractivity (Wildman–Crippen MR) is 121 cm³/mol. The van der Waals surface area contributed by atoms with Crippen molar-refractivity contribution in [3.63, 3.8) is 0 Å². The molecule has 1 heterocycles. The van der Waals surface area contributed by atoms with Crippen molar-refractivity contribution >= 4 is 28.8 Å². The van der Waals surface area contributed by atoms with E-state index in [-0.39, 0.29) is 11.3 Å². The predicted octanol–water partition coefficient (Wildman–Crippen LogP) is 5.46. The lowest BCUT2D eigenvalue weighted by Crippen LogP contribution is -2.33. The Hall–Kier alpha value is -3.73. The minimum atomic E-state index is -0.432. The fourth-order valence-electron chi connectivity index (χ4n) is 3.73. The summed E-state index contributed by atoms with van der Waals surface area (Å²) in [4.78, 5) is 28.3. The zero-order chi connectivity index (χ0) is 22.3. The lowest BCUT2D eigenvalue weighted by Gasteiger charge is -2.19. The molecule has 1 aliphatic rings. The first-order chi connectivity index (χ1) is 14.8. The Morgan fingerprint density at radius 3 is 2.23 bits per heavy atom. The van der Waals surface area contributed by atoms with Crippen LogP contribution in [0.2, 0.25) is 0 Å². The van der Waals surface area contributed by atoms with Gasteiger partial charge in [-0.25, -0.2) is 9.29 Å². The van der Waals surface area contributed by atoms with E-state index < -0.39 is 17.6 Å². The first-order valence-corrected chi connectivity index (χ1v) is 10.1. The third kappa shape index (κ3) is 3.63. The molecule has 1 N–H and O–H groups in total. The average molecular weight is 414 g/mol. The van der Waals surface area contributed by atoms with Crippen LogP contribution in [0.15, 0.2) is 66.4 Å². The van der Waals surface area contributed by atoms with Gasteiger partial charge in [0.1, 0.15) is 11.5 Å². The number of hydrogen-bond donors (Lipinski definition) is 1. The van der Waals surface area contributed by atoms with Crippen LogP contribution in [0.5, 0.6) is 0 Å². The summed E-state index contributed by atoms with van der Waals surface area (Å²) < 4.78 is 13.5. The second-order valence-corrected chi connectivity index (χ2v) is 7.87. The molecule has 0 aromatic heterocycles. The van der Waals surface area contributed by atoms with E-state index in [2.05, 4.69) is 5.32 Å². The van der Waals surface area contributed by atoms with Crippen molar-refractivity contribution in [2.24, 2.45) is 0 Å². The number of nitrogens with one attached hydrogen (secondary N) is 1. The highest BCUT2D eigenvalue weighted by Crippen LogP contribution is 2.36. The number of benzene rings is 3. The van der Waals surface area contributed by atoms with Gasteiger partial charge in [-0.1, -0.05) is 36.4 Å². The van der Waals surface area contributed by atoms with Crippen molar-refractivity contribution < 1.29 is 14.0 Å². The minimum Gasteiger partial charge on any atom is -0.350 e. The number of carbonyl (C=O) groups excluding carboxylic acids is 2. The molecule has 156 valence electrons. The van der Waals surface area contributed by atoms with Crippen LogP contribution in [0.1, 0.15) is 27.8 Å². The van der Waals surface area contributed by atoms with Crippen molar-refractivity contribution in [1.82, 2.24) is 0 Å². The Bertz CT molecular complexity index is 1240. The van der Waals surface area contributed by atoms with E-state index in [1.165, 1.54) is 29.2 Å². The highest BCUT2D eigenvalue weighted by molar-refractivity contribution is 6.46. The fraction of sp³-hybridized carbons (Fsp3) is 0.154. The number of anilines is 2. The highest BCUT2D eigenvalue weighted by Gasteiger charge is 2.41. The van der Waals surface area contributed by atoms with Gasteiger partial charge in [-0.2, -0.15) is 0 Å². The maximum absolute atomic E-state index is 13.5. The van der Waals surface area contributed by atoms with Gasteiger partial charge in [0, 0.05) is 5.69 Å². The van der Waals surface area contributed by atoms with Crippen LogP contribution >= 0.6 is 0 Å². The maximum Gasteiger partial charge on any atom is 0.282 e. The van der Waals surface area contributed by atoms with Crippen LogP contribution in [0.4, 0.5) is 15.8 Å². The molecule has 3 aromatic carbocycles. The molecule has 4 nitrogen and oxygen atoms in total. The summed E-state index contributed by atoms with van der Waals surface area (Å²) in [5.74, 6) is -1.27. The van der Waals surface area contributed by atoms with Crippen molar-refractivity contribution in [1.29, 1.82) is 0 Å². The summed E-state index contributed by atoms with van der Waals surface area (Å²) >= 11 is 0. The zero-order valence-electron chi connectivity index (χ0n) is 17.9. The molecule has 3 aromatic rings. The van der Waals surface area contributed by atoms with E-state index in [9.17, 15) is 14.0 Å². The Balaban J connectivity index is 1.88. The van der Waals surface area contributed by atoms with Crippen LogP contribution < -0.4 is 10.2 Å². The molecule has 0 saturated heterocycles. The van der Waals surface area contributed by atoms with E-state index in [1.807, 2.05) is 58.0 Å². The number of amides is 2. The molecule has 0 spiro atoms. The molecule has 0 aliphatic carbocycles. The molecule has 0 radical (unpaired) electrons. The summed E-state index contributed by atoms with van der Waals surface area (Å²) in [5.41, 5.74) is 6.01. The molecule has 0 saturated carbocycles. The third-order valence-electron chi connectivity index (χ3n) is 5.69. The Labute approximate surface area is 181 Å². The van der Waals surface area contributed by atoms with Crippen molar-refractivity contribution in [2.75, 3.05) is 10.2 Å². The van der Waals surface area contributed by atoms with Crippen LogP contribution in [0.25, 0.3) is 5.57 Å². The third-order valence-corrected chi connectivity index (χ3v) is 5.69. The second-order valence-electron chi connectivity index (χ2n) is 7.87. The second kappa shape index (κ2) is 7.84. The molecule has 0 atom stereocenters. The summed E-state index contributed by atoms with van der Waals surface area (Å²) in [5, 5.41) is 3.20. The number of rotatable bonds is 4. The van der Waals surface area contributed by atoms with Gasteiger partial charge < -0.3 is 5.32 Å². The highest BCUT2D eigenvalue weighted by atomic mass is 19.1. The lowest BCUT2D eigenvalue weighted by atomic mass is 10.0. The number of halogens is 1. The first kappa shape index (κ1) is 20.5. The monoisotopic (exact) mass is 414 g/mol. The molecule has 0 unspecified atom stereocenters. The number of carbonyl (C=O) groups is 2. The molecule has 4 rings (SSSR count). The average Bonchev–Trinajstić information content (AvgIpc) is 2.97. The van der Waals surface area contributed by atoms with E-state index in [0.717, 1.165) is 27.9 Å². The first-order valence-electron chi connectivity index (χ1n) is 10.1. The van der Waals surface area contributed by atoms with Crippen LogP contribution in [-0.4, -0.2) is 11.8 Å². The Morgan fingerprint density at radius 1 is 0.806 bits per heavy atom. The SMILES string of the molecule is Cc1ccc(C)c(NC2=C(c3ccc(F)cc3)C(=O)N(c3cccc(C)c3C)C2=O)c1. The fourth-order valence-corrected chi connectivity index (χ4v) is 3.73. The summed E-state index contributed by atoms with van der Waals surface area (Å²) in [7, 11) is 0. The molecule has 5 heteroatoms. The van der Waals surface area contributed by atoms with Gasteiger partial charge >= 0.3 is 0 Å². The molecule has 0 fully saturated rings. The van der Waals surface area contributed by atoms with Crippen molar-refractivity contribution in [3.8, 4) is 0 Å². The largest absolute Gasteiger partial charge is 0.350 e. The van der Waals surface area contributed by atoms with Crippen LogP contribution in [0.3, 0.4) is 0 Å². The molecule has 31 heavy (non-hydrogen) atoms. The van der Waals surface area contributed by atoms with Gasteiger partial charge in [0.25, 0.3) is 11.8 Å². The van der Waals surface area contributed by atoms with E-state index in [4.69, 9.17) is 0 Å². The topological polar surface area (TPSA) is 49.4 Å². The number of imide groups is 1. The number of nitrogens with zero attached hydrogens (tertiary/aromatic N) is 1. The summed E-state index contributed by atoms with van der Waals surface area (Å²) in [6, 6.07) is 17.0. The van der Waals surface area contributed by atoms with E-state index in [1.54, 1.807) is 6.07 Å². The lowest BCUT2D eigenvalue weighted by molar-refractivity contribution is -0.120. The van der Waals surface area contributed by atoms with Gasteiger partial charge in [0.2, 0.25) is 0 Å². The Morgan fingerprint density at radius 2 is 1.52 bits per heavy atom. The van der Waals surface area contributed by atoms with Crippen LogP contribution in [0, 0.1) is 33.5 Å². The van der Waals surface area contributed by atoms with Gasteiger partial charge in [0.05, 0.1) is 11.3 Å². The van der Waals surface area contributed by atoms with Gasteiger partial charge in [0.15, 0.2) is 0 Å². The molecule has 0 bridgehead atoms. The number of aryl methyl sites for hydroxylation is 3. The van der Waals surface area contributed by atoms with Crippen LogP contribution in [-0.2, 0) is 9.59 Å². The van der Waals surface area contributed by atoms with Gasteiger partial charge in [-0.3, -0.25) is 9.59 Å². The normalized spacial score (nSPS) is 13.9. The molecule has 2 amide bonds. The quantitative estimate of drug-likeness (QED) is 0.577. The standard InChI is InChI=1S/C26H23FN2O2/c1-15-8-9-17(3)21(14-15)28-24-23(19-10-12-20(27)13-11-19)25(30)29(26(24)31)22-7-5-6-16(2)18(22)4/h5-14,28H,1-4H3. The number of hydrogen-bond acceptors (Lipinski definition) is 3. The van der Waals surface area contributed by atoms with E-state index in [0.29, 0.717) is 11.3 Å². The van der Waals surface area contributed by atoms with Crippen molar-refractivity contribution in [3.05, 3.63) is 100.0 Å². The molecular formula is C26H23FN2O2. The van der Waals surface area contributed by atoms with Gasteiger partial charge in [-0.05, 0) is 79.8 Å². The smallest absolute Gasteiger partial charge is 0.282 e.